The zero-order chi connectivity index (χ0) is 13.5. The van der Waals surface area contributed by atoms with Gasteiger partial charge in [0, 0.05) is 17.7 Å². The molecule has 0 amide bonds. The van der Waals surface area contributed by atoms with Crippen LogP contribution in [0.25, 0.3) is 5.57 Å². The zero-order valence-corrected chi connectivity index (χ0v) is 10.8. The molecule has 4 N–H and O–H groups in total. The van der Waals surface area contributed by atoms with Crippen LogP contribution in [0.3, 0.4) is 0 Å². The Kier molecular flexibility index (Phi) is 3.25. The highest BCUT2D eigenvalue weighted by atomic mass is 79.9. The molecule has 1 atom stereocenters. The van der Waals surface area contributed by atoms with Gasteiger partial charge in [-0.15, -0.1) is 0 Å². The van der Waals surface area contributed by atoms with Crippen LogP contribution in [0.1, 0.15) is 12.0 Å². The molecule has 2 rings (SSSR count). The van der Waals surface area contributed by atoms with E-state index in [1.807, 2.05) is 0 Å². The molecular formula is C12H10BrF3N2. The molecule has 1 aromatic rings. The van der Waals surface area contributed by atoms with Gasteiger partial charge in [-0.2, -0.15) is 0 Å². The molecule has 0 bridgehead atoms. The number of allylic oxidation sites excluding steroid dienone is 2. The van der Waals surface area contributed by atoms with Crippen LogP contribution in [-0.2, 0) is 0 Å². The van der Waals surface area contributed by atoms with Crippen molar-refractivity contribution >= 4 is 27.2 Å². The smallest absolute Gasteiger partial charge is 0.136 e. The highest BCUT2D eigenvalue weighted by molar-refractivity contribution is 9.10. The van der Waals surface area contributed by atoms with E-state index in [1.54, 1.807) is 0 Å². The summed E-state index contributed by atoms with van der Waals surface area (Å²) in [7, 11) is 0. The molecule has 0 saturated carbocycles. The number of halogens is 4. The van der Waals surface area contributed by atoms with Crippen molar-refractivity contribution in [1.29, 1.82) is 0 Å². The SMILES string of the molecule is Nc1cc(F)c(C2=C(F)CC(N)(Br)C=C2)c(F)c1. The predicted molar refractivity (Wildman–Crippen MR) is 68.4 cm³/mol. The van der Waals surface area contributed by atoms with Crippen molar-refractivity contribution < 1.29 is 13.2 Å². The Labute approximate surface area is 110 Å². The average molecular weight is 319 g/mol. The standard InChI is InChI=1S/C12H10BrF3N2/c13-12(18)2-1-7(10(16)5-12)11-8(14)3-6(17)4-9(11)15/h1-4H,5,17-18H2. The van der Waals surface area contributed by atoms with E-state index in [0.717, 1.165) is 12.1 Å². The molecule has 18 heavy (non-hydrogen) atoms. The van der Waals surface area contributed by atoms with E-state index in [4.69, 9.17) is 11.5 Å². The summed E-state index contributed by atoms with van der Waals surface area (Å²) in [4.78, 5) is 0. The van der Waals surface area contributed by atoms with E-state index < -0.39 is 27.5 Å². The molecule has 0 saturated heterocycles. The number of nitrogen functional groups attached to an aromatic ring is 1. The van der Waals surface area contributed by atoms with Gasteiger partial charge in [-0.1, -0.05) is 28.1 Å². The minimum absolute atomic E-state index is 0.0526. The van der Waals surface area contributed by atoms with E-state index in [1.165, 1.54) is 12.2 Å². The molecule has 96 valence electrons. The topological polar surface area (TPSA) is 52.0 Å². The third kappa shape index (κ3) is 2.44. The maximum atomic E-state index is 13.8. The van der Waals surface area contributed by atoms with Gasteiger partial charge in [0.1, 0.15) is 17.5 Å². The van der Waals surface area contributed by atoms with Crippen LogP contribution in [0.5, 0.6) is 0 Å². The van der Waals surface area contributed by atoms with Gasteiger partial charge in [-0.05, 0) is 12.1 Å². The number of rotatable bonds is 1. The lowest BCUT2D eigenvalue weighted by Gasteiger charge is -2.23. The summed E-state index contributed by atoms with van der Waals surface area (Å²) in [5.74, 6) is -2.48. The highest BCUT2D eigenvalue weighted by Gasteiger charge is 2.28. The lowest BCUT2D eigenvalue weighted by molar-refractivity contribution is 0.545. The maximum Gasteiger partial charge on any atom is 0.136 e. The molecule has 0 aliphatic heterocycles. The lowest BCUT2D eigenvalue weighted by atomic mass is 9.95. The van der Waals surface area contributed by atoms with Gasteiger partial charge >= 0.3 is 0 Å². The summed E-state index contributed by atoms with van der Waals surface area (Å²) in [5.41, 5.74) is 10.3. The molecule has 0 heterocycles. The maximum absolute atomic E-state index is 13.8. The first-order chi connectivity index (χ1) is 8.30. The number of anilines is 1. The van der Waals surface area contributed by atoms with E-state index in [-0.39, 0.29) is 17.7 Å². The fourth-order valence-corrected chi connectivity index (χ4v) is 2.15. The van der Waals surface area contributed by atoms with Crippen molar-refractivity contribution in [2.75, 3.05) is 5.73 Å². The van der Waals surface area contributed by atoms with E-state index in [2.05, 4.69) is 15.9 Å². The monoisotopic (exact) mass is 318 g/mol. The Bertz CT molecular complexity index is 541. The zero-order valence-electron chi connectivity index (χ0n) is 9.18. The molecule has 0 fully saturated rings. The Morgan fingerprint density at radius 1 is 1.17 bits per heavy atom. The second-order valence-electron chi connectivity index (χ2n) is 4.11. The Morgan fingerprint density at radius 3 is 2.22 bits per heavy atom. The largest absolute Gasteiger partial charge is 0.399 e. The van der Waals surface area contributed by atoms with Crippen LogP contribution in [0, 0.1) is 11.6 Å². The van der Waals surface area contributed by atoms with E-state index >= 15 is 0 Å². The molecule has 0 aromatic heterocycles. The van der Waals surface area contributed by atoms with E-state index in [9.17, 15) is 13.2 Å². The Balaban J connectivity index is 2.55. The van der Waals surface area contributed by atoms with Crippen LogP contribution in [0.2, 0.25) is 0 Å². The summed E-state index contributed by atoms with van der Waals surface area (Å²) in [6, 6.07) is 1.90. The second-order valence-corrected chi connectivity index (χ2v) is 5.59. The fraction of sp³-hybridized carbons (Fsp3) is 0.167. The Hall–Kier alpha value is -1.27. The molecule has 0 radical (unpaired) electrons. The van der Waals surface area contributed by atoms with Gasteiger partial charge in [0.05, 0.1) is 10.0 Å². The summed E-state index contributed by atoms with van der Waals surface area (Å²) in [6.07, 6.45) is 2.52. The van der Waals surface area contributed by atoms with Crippen molar-refractivity contribution in [2.45, 2.75) is 10.9 Å². The predicted octanol–water partition coefficient (Wildman–Crippen LogP) is 3.24. The van der Waals surface area contributed by atoms with Crippen LogP contribution in [-0.4, -0.2) is 4.45 Å². The Morgan fingerprint density at radius 2 is 1.72 bits per heavy atom. The molecule has 1 aliphatic rings. The van der Waals surface area contributed by atoms with Crippen molar-refractivity contribution in [3.8, 4) is 0 Å². The van der Waals surface area contributed by atoms with Crippen LogP contribution >= 0.6 is 15.9 Å². The van der Waals surface area contributed by atoms with Crippen LogP contribution in [0.15, 0.2) is 30.1 Å². The fourth-order valence-electron chi connectivity index (χ4n) is 1.77. The van der Waals surface area contributed by atoms with Crippen molar-refractivity contribution in [3.63, 3.8) is 0 Å². The molecular weight excluding hydrogens is 309 g/mol. The quantitative estimate of drug-likeness (QED) is 0.474. The number of alkyl halides is 1. The highest BCUT2D eigenvalue weighted by Crippen LogP contribution is 2.37. The number of hydrogen-bond acceptors (Lipinski definition) is 2. The van der Waals surface area contributed by atoms with Crippen LogP contribution in [0.4, 0.5) is 18.9 Å². The second kappa shape index (κ2) is 4.44. The summed E-state index contributed by atoms with van der Waals surface area (Å²) < 4.78 is 40.1. The molecule has 2 nitrogen and oxygen atoms in total. The van der Waals surface area contributed by atoms with Gasteiger partial charge in [0.2, 0.25) is 0 Å². The van der Waals surface area contributed by atoms with Crippen molar-refractivity contribution in [3.05, 3.63) is 47.3 Å². The van der Waals surface area contributed by atoms with Gasteiger partial charge < -0.3 is 11.5 Å². The molecule has 1 aromatic carbocycles. The average Bonchev–Trinajstić information content (AvgIpc) is 2.18. The van der Waals surface area contributed by atoms with Gasteiger partial charge in [0.25, 0.3) is 0 Å². The lowest BCUT2D eigenvalue weighted by Crippen LogP contribution is -2.31. The number of nitrogens with two attached hydrogens (primary N) is 2. The molecule has 6 heteroatoms. The van der Waals surface area contributed by atoms with Gasteiger partial charge in [-0.25, -0.2) is 13.2 Å². The molecule has 0 spiro atoms. The minimum atomic E-state index is -1.03. The third-order valence-corrected chi connectivity index (χ3v) is 3.12. The van der Waals surface area contributed by atoms with Crippen molar-refractivity contribution in [1.82, 2.24) is 0 Å². The number of hydrogen-bond donors (Lipinski definition) is 2. The minimum Gasteiger partial charge on any atom is -0.399 e. The molecule has 1 unspecified atom stereocenters. The first kappa shape index (κ1) is 13.2. The third-order valence-electron chi connectivity index (χ3n) is 2.58. The van der Waals surface area contributed by atoms with Gasteiger partial charge in [0.15, 0.2) is 0 Å². The van der Waals surface area contributed by atoms with Crippen LogP contribution < -0.4 is 11.5 Å². The summed E-state index contributed by atoms with van der Waals surface area (Å²) >= 11 is 3.09. The summed E-state index contributed by atoms with van der Waals surface area (Å²) in [5, 5.41) is 0. The number of benzene rings is 1. The first-order valence-electron chi connectivity index (χ1n) is 5.11. The van der Waals surface area contributed by atoms with Crippen molar-refractivity contribution in [2.24, 2.45) is 5.73 Å². The molecule has 1 aliphatic carbocycles. The van der Waals surface area contributed by atoms with Gasteiger partial charge in [-0.3, -0.25) is 0 Å². The normalized spacial score (nSPS) is 23.6. The first-order valence-corrected chi connectivity index (χ1v) is 5.90. The summed E-state index contributed by atoms with van der Waals surface area (Å²) in [6.45, 7) is 0. The van der Waals surface area contributed by atoms with E-state index in [0.29, 0.717) is 0 Å².